The summed E-state index contributed by atoms with van der Waals surface area (Å²) in [5.41, 5.74) is 0.941. The molecule has 0 aromatic heterocycles. The highest BCUT2D eigenvalue weighted by atomic mass is 14.5. The Morgan fingerprint density at radius 1 is 1.40 bits per heavy atom. The molecule has 0 aromatic carbocycles. The van der Waals surface area contributed by atoms with E-state index in [1.54, 1.807) is 0 Å². The van der Waals surface area contributed by atoms with Crippen LogP contribution in [0.1, 0.15) is 47.0 Å². The molecule has 10 heavy (non-hydrogen) atoms. The fourth-order valence-corrected chi connectivity index (χ4v) is 0.806. The first-order valence-electron chi connectivity index (χ1n) is 4.06. The van der Waals surface area contributed by atoms with Crippen molar-refractivity contribution in [1.29, 1.82) is 5.41 Å². The molecule has 0 saturated carbocycles. The summed E-state index contributed by atoms with van der Waals surface area (Å²) in [6, 6.07) is 0. The van der Waals surface area contributed by atoms with E-state index in [9.17, 15) is 0 Å². The fourth-order valence-electron chi connectivity index (χ4n) is 0.806. The van der Waals surface area contributed by atoms with Gasteiger partial charge in [-0.25, -0.2) is 0 Å². The second kappa shape index (κ2) is 3.75. The van der Waals surface area contributed by atoms with Crippen LogP contribution in [-0.4, -0.2) is 5.71 Å². The summed E-state index contributed by atoms with van der Waals surface area (Å²) in [7, 11) is 0. The first kappa shape index (κ1) is 9.67. The van der Waals surface area contributed by atoms with Gasteiger partial charge in [0.15, 0.2) is 0 Å². The molecule has 0 saturated heterocycles. The normalized spacial score (nSPS) is 11.6. The summed E-state index contributed by atoms with van der Waals surface area (Å²) in [5.74, 6) is 0. The molecule has 1 N–H and O–H groups in total. The summed E-state index contributed by atoms with van der Waals surface area (Å²) in [6.07, 6.45) is 3.62. The molecule has 0 amide bonds. The summed E-state index contributed by atoms with van der Waals surface area (Å²) in [5, 5.41) is 7.48. The maximum absolute atomic E-state index is 7.48. The molecule has 0 atom stereocenters. The van der Waals surface area contributed by atoms with Crippen LogP contribution >= 0.6 is 0 Å². The van der Waals surface area contributed by atoms with E-state index in [1.165, 1.54) is 12.8 Å². The van der Waals surface area contributed by atoms with Crippen molar-refractivity contribution in [2.45, 2.75) is 47.0 Å². The zero-order valence-corrected chi connectivity index (χ0v) is 7.62. The minimum absolute atomic E-state index is 0.135. The standard InChI is InChI=1S/C9H19N/c1-5-6-7-9(3,4)8(2)10/h10H,5-7H2,1-4H3. The Bertz CT molecular complexity index is 114. The molecule has 0 heterocycles. The highest BCUT2D eigenvalue weighted by molar-refractivity contribution is 5.84. The molecular formula is C9H19N. The van der Waals surface area contributed by atoms with Crippen LogP contribution in [0.5, 0.6) is 0 Å². The van der Waals surface area contributed by atoms with E-state index in [1.807, 2.05) is 6.92 Å². The van der Waals surface area contributed by atoms with E-state index in [2.05, 4.69) is 20.8 Å². The third-order valence-corrected chi connectivity index (χ3v) is 2.17. The van der Waals surface area contributed by atoms with Crippen LogP contribution in [0.2, 0.25) is 0 Å². The lowest BCUT2D eigenvalue weighted by molar-refractivity contribution is 0.449. The Hall–Kier alpha value is -0.330. The number of unbranched alkanes of at least 4 members (excludes halogenated alkanes) is 1. The van der Waals surface area contributed by atoms with Gasteiger partial charge in [0.25, 0.3) is 0 Å². The van der Waals surface area contributed by atoms with E-state index in [0.717, 1.165) is 12.1 Å². The third kappa shape index (κ3) is 3.00. The van der Waals surface area contributed by atoms with Gasteiger partial charge in [0, 0.05) is 11.1 Å². The van der Waals surface area contributed by atoms with Crippen LogP contribution in [0.4, 0.5) is 0 Å². The van der Waals surface area contributed by atoms with Gasteiger partial charge in [-0.15, -0.1) is 0 Å². The Labute approximate surface area is 64.3 Å². The summed E-state index contributed by atoms with van der Waals surface area (Å²) in [6.45, 7) is 8.38. The maximum atomic E-state index is 7.48. The van der Waals surface area contributed by atoms with Crippen LogP contribution < -0.4 is 0 Å². The predicted molar refractivity (Wildman–Crippen MR) is 46.7 cm³/mol. The number of rotatable bonds is 4. The zero-order valence-electron chi connectivity index (χ0n) is 7.62. The molecule has 0 spiro atoms. The molecule has 0 fully saturated rings. The van der Waals surface area contributed by atoms with Gasteiger partial charge in [0.1, 0.15) is 0 Å². The lowest BCUT2D eigenvalue weighted by Gasteiger charge is -2.22. The molecule has 0 radical (unpaired) electrons. The summed E-state index contributed by atoms with van der Waals surface area (Å²) < 4.78 is 0. The van der Waals surface area contributed by atoms with Gasteiger partial charge < -0.3 is 5.41 Å². The van der Waals surface area contributed by atoms with Crippen molar-refractivity contribution >= 4 is 5.71 Å². The monoisotopic (exact) mass is 141 g/mol. The van der Waals surface area contributed by atoms with E-state index >= 15 is 0 Å². The molecular weight excluding hydrogens is 122 g/mol. The highest BCUT2D eigenvalue weighted by Crippen LogP contribution is 2.23. The zero-order chi connectivity index (χ0) is 8.20. The molecule has 0 rings (SSSR count). The van der Waals surface area contributed by atoms with E-state index < -0.39 is 0 Å². The van der Waals surface area contributed by atoms with Crippen LogP contribution in [0.3, 0.4) is 0 Å². The van der Waals surface area contributed by atoms with Crippen LogP contribution in [0.15, 0.2) is 0 Å². The van der Waals surface area contributed by atoms with Gasteiger partial charge in [-0.1, -0.05) is 33.6 Å². The van der Waals surface area contributed by atoms with Gasteiger partial charge >= 0.3 is 0 Å². The van der Waals surface area contributed by atoms with Crippen molar-refractivity contribution in [1.82, 2.24) is 0 Å². The van der Waals surface area contributed by atoms with Gasteiger partial charge in [0.2, 0.25) is 0 Å². The van der Waals surface area contributed by atoms with Crippen molar-refractivity contribution in [2.75, 3.05) is 0 Å². The second-order valence-electron chi connectivity index (χ2n) is 3.61. The fraction of sp³-hybridized carbons (Fsp3) is 0.889. The average molecular weight is 141 g/mol. The molecule has 60 valence electrons. The Balaban J connectivity index is 3.75. The molecule has 1 heteroatoms. The van der Waals surface area contributed by atoms with Crippen LogP contribution in [0, 0.1) is 10.8 Å². The molecule has 0 bridgehead atoms. The summed E-state index contributed by atoms with van der Waals surface area (Å²) in [4.78, 5) is 0. The highest BCUT2D eigenvalue weighted by Gasteiger charge is 2.18. The molecule has 0 unspecified atom stereocenters. The van der Waals surface area contributed by atoms with Gasteiger partial charge in [-0.05, 0) is 13.3 Å². The molecule has 0 aromatic rings. The minimum atomic E-state index is 0.135. The lowest BCUT2D eigenvalue weighted by atomic mass is 9.83. The largest absolute Gasteiger partial charge is 0.309 e. The summed E-state index contributed by atoms with van der Waals surface area (Å²) >= 11 is 0. The smallest absolute Gasteiger partial charge is 0.0114 e. The third-order valence-electron chi connectivity index (χ3n) is 2.17. The van der Waals surface area contributed by atoms with Crippen LogP contribution in [0.25, 0.3) is 0 Å². The molecule has 0 aliphatic heterocycles. The second-order valence-corrected chi connectivity index (χ2v) is 3.61. The topological polar surface area (TPSA) is 23.9 Å². The van der Waals surface area contributed by atoms with Crippen molar-refractivity contribution < 1.29 is 0 Å². The SMILES string of the molecule is CCCCC(C)(C)C(C)=N. The van der Waals surface area contributed by atoms with Crippen molar-refractivity contribution in [3.05, 3.63) is 0 Å². The van der Waals surface area contributed by atoms with Crippen molar-refractivity contribution in [3.63, 3.8) is 0 Å². The number of nitrogens with one attached hydrogen (secondary N) is 1. The van der Waals surface area contributed by atoms with Crippen LogP contribution in [-0.2, 0) is 0 Å². The minimum Gasteiger partial charge on any atom is -0.309 e. The molecule has 0 aliphatic rings. The predicted octanol–water partition coefficient (Wildman–Crippen LogP) is 3.24. The van der Waals surface area contributed by atoms with Gasteiger partial charge in [-0.3, -0.25) is 0 Å². The first-order valence-corrected chi connectivity index (χ1v) is 4.06. The Kier molecular flexibility index (Phi) is 3.62. The van der Waals surface area contributed by atoms with E-state index in [-0.39, 0.29) is 5.41 Å². The molecule has 0 aliphatic carbocycles. The van der Waals surface area contributed by atoms with Crippen molar-refractivity contribution in [2.24, 2.45) is 5.41 Å². The van der Waals surface area contributed by atoms with E-state index in [4.69, 9.17) is 5.41 Å². The Morgan fingerprint density at radius 3 is 2.20 bits per heavy atom. The van der Waals surface area contributed by atoms with Crippen molar-refractivity contribution in [3.8, 4) is 0 Å². The number of hydrogen-bond acceptors (Lipinski definition) is 1. The van der Waals surface area contributed by atoms with Gasteiger partial charge in [0.05, 0.1) is 0 Å². The Morgan fingerprint density at radius 2 is 1.90 bits per heavy atom. The average Bonchev–Trinajstić information content (AvgIpc) is 1.84. The first-order chi connectivity index (χ1) is 4.50. The maximum Gasteiger partial charge on any atom is 0.0114 e. The quantitative estimate of drug-likeness (QED) is 0.581. The van der Waals surface area contributed by atoms with Gasteiger partial charge in [-0.2, -0.15) is 0 Å². The van der Waals surface area contributed by atoms with E-state index in [0.29, 0.717) is 0 Å². The lowest BCUT2D eigenvalue weighted by Crippen LogP contribution is -2.20. The number of hydrogen-bond donors (Lipinski definition) is 1. The molecule has 1 nitrogen and oxygen atoms in total.